The van der Waals surface area contributed by atoms with Crippen molar-refractivity contribution in [3.63, 3.8) is 0 Å². The highest BCUT2D eigenvalue weighted by atomic mass is 32.2. The number of nitrogens with one attached hydrogen (secondary N) is 1. The minimum absolute atomic E-state index is 0.0314. The third kappa shape index (κ3) is 6.02. The zero-order chi connectivity index (χ0) is 15.4. The molecule has 0 aliphatic rings. The van der Waals surface area contributed by atoms with Gasteiger partial charge in [-0.3, -0.25) is 4.79 Å². The molecule has 0 saturated heterocycles. The Morgan fingerprint density at radius 1 is 1.20 bits per heavy atom. The third-order valence-corrected chi connectivity index (χ3v) is 3.28. The van der Waals surface area contributed by atoms with Gasteiger partial charge in [-0.05, 0) is 24.1 Å². The van der Waals surface area contributed by atoms with Gasteiger partial charge < -0.3 is 5.32 Å². The van der Waals surface area contributed by atoms with E-state index in [0.29, 0.717) is 5.56 Å². The van der Waals surface area contributed by atoms with Gasteiger partial charge in [-0.2, -0.15) is 13.2 Å². The van der Waals surface area contributed by atoms with E-state index in [0.717, 1.165) is 0 Å². The Labute approximate surface area is 114 Å². The van der Waals surface area contributed by atoms with Crippen molar-refractivity contribution in [1.29, 1.82) is 0 Å². The Balaban J connectivity index is 2.45. The van der Waals surface area contributed by atoms with Gasteiger partial charge in [0.05, 0.1) is 4.90 Å². The van der Waals surface area contributed by atoms with Crippen molar-refractivity contribution in [3.05, 3.63) is 29.8 Å². The largest absolute Gasteiger partial charge is 0.397 e. The van der Waals surface area contributed by atoms with Crippen molar-refractivity contribution in [2.24, 2.45) is 5.14 Å². The lowest BCUT2D eigenvalue weighted by Gasteiger charge is -2.08. The molecule has 3 N–H and O–H groups in total. The fraction of sp³-hybridized carbons (Fsp3) is 0.364. The predicted molar refractivity (Wildman–Crippen MR) is 65.2 cm³/mol. The number of benzene rings is 1. The molecule has 1 rings (SSSR count). The molecule has 0 atom stereocenters. The van der Waals surface area contributed by atoms with E-state index in [1.807, 2.05) is 0 Å². The van der Waals surface area contributed by atoms with Gasteiger partial charge in [-0.15, -0.1) is 0 Å². The lowest BCUT2D eigenvalue weighted by atomic mass is 10.1. The van der Waals surface area contributed by atoms with Gasteiger partial charge in [0.15, 0.2) is 0 Å². The monoisotopic (exact) mass is 310 g/mol. The molecule has 0 radical (unpaired) electrons. The maximum atomic E-state index is 11.9. The summed E-state index contributed by atoms with van der Waals surface area (Å²) in [7, 11) is -3.77. The Morgan fingerprint density at radius 2 is 1.75 bits per heavy atom. The average Bonchev–Trinajstić information content (AvgIpc) is 2.26. The highest BCUT2D eigenvalue weighted by Crippen LogP contribution is 2.18. The summed E-state index contributed by atoms with van der Waals surface area (Å²) < 4.78 is 57.6. The van der Waals surface area contributed by atoms with Crippen LogP contribution in [0.25, 0.3) is 0 Å². The number of halogens is 3. The van der Waals surface area contributed by atoms with Gasteiger partial charge >= 0.3 is 6.18 Å². The first-order valence-electron chi connectivity index (χ1n) is 5.53. The van der Waals surface area contributed by atoms with Crippen LogP contribution in [-0.2, 0) is 21.2 Å². The van der Waals surface area contributed by atoms with E-state index in [2.05, 4.69) is 5.32 Å². The van der Waals surface area contributed by atoms with E-state index in [1.54, 1.807) is 0 Å². The molecule has 0 unspecified atom stereocenters. The second-order valence-corrected chi connectivity index (χ2v) is 5.64. The minimum Gasteiger partial charge on any atom is -0.355 e. The molecular formula is C11H13F3N2O3S. The van der Waals surface area contributed by atoms with Crippen LogP contribution in [0.3, 0.4) is 0 Å². The summed E-state index contributed by atoms with van der Waals surface area (Å²) in [5.41, 5.74) is 0.671. The Bertz CT molecular complexity index is 568. The molecule has 0 aliphatic carbocycles. The van der Waals surface area contributed by atoms with E-state index in [4.69, 9.17) is 5.14 Å². The van der Waals surface area contributed by atoms with Crippen molar-refractivity contribution in [1.82, 2.24) is 5.32 Å². The van der Waals surface area contributed by atoms with Crippen molar-refractivity contribution in [2.75, 3.05) is 6.54 Å². The SMILES string of the molecule is NS(=O)(=O)c1ccc(CCNC(=O)CC(F)(F)F)cc1. The first-order valence-corrected chi connectivity index (χ1v) is 7.08. The van der Waals surface area contributed by atoms with Gasteiger partial charge in [0.2, 0.25) is 15.9 Å². The maximum absolute atomic E-state index is 11.9. The summed E-state index contributed by atoms with van der Waals surface area (Å²) in [6.07, 6.45) is -5.76. The quantitative estimate of drug-likeness (QED) is 0.848. The third-order valence-electron chi connectivity index (χ3n) is 2.35. The summed E-state index contributed by atoms with van der Waals surface area (Å²) in [5, 5.41) is 7.04. The van der Waals surface area contributed by atoms with Crippen LogP contribution in [0, 0.1) is 0 Å². The summed E-state index contributed by atoms with van der Waals surface area (Å²) in [5.74, 6) is -1.10. The highest BCUT2D eigenvalue weighted by Gasteiger charge is 2.30. The first-order chi connectivity index (χ1) is 9.08. The lowest BCUT2D eigenvalue weighted by molar-refractivity contribution is -0.153. The number of alkyl halides is 3. The number of carbonyl (C=O) groups is 1. The zero-order valence-corrected chi connectivity index (χ0v) is 11.1. The Hall–Kier alpha value is -1.61. The molecule has 0 heterocycles. The second-order valence-electron chi connectivity index (χ2n) is 4.08. The molecule has 1 aromatic rings. The molecule has 9 heteroatoms. The van der Waals surface area contributed by atoms with Crippen molar-refractivity contribution in [3.8, 4) is 0 Å². The number of hydrogen-bond acceptors (Lipinski definition) is 3. The molecule has 0 bridgehead atoms. The number of nitrogens with two attached hydrogens (primary N) is 1. The predicted octanol–water partition coefficient (Wildman–Crippen LogP) is 0.945. The second kappa shape index (κ2) is 6.23. The van der Waals surface area contributed by atoms with E-state index in [1.165, 1.54) is 24.3 Å². The van der Waals surface area contributed by atoms with Gasteiger partial charge in [0, 0.05) is 6.54 Å². The van der Waals surface area contributed by atoms with Crippen LogP contribution in [0.2, 0.25) is 0 Å². The average molecular weight is 310 g/mol. The fourth-order valence-electron chi connectivity index (χ4n) is 1.44. The van der Waals surface area contributed by atoms with E-state index >= 15 is 0 Å². The maximum Gasteiger partial charge on any atom is 0.397 e. The number of primary sulfonamides is 1. The molecule has 0 spiro atoms. The minimum atomic E-state index is -4.53. The number of rotatable bonds is 5. The summed E-state index contributed by atoms with van der Waals surface area (Å²) in [6.45, 7) is 0.0314. The normalized spacial score (nSPS) is 12.2. The smallest absolute Gasteiger partial charge is 0.355 e. The molecular weight excluding hydrogens is 297 g/mol. The van der Waals surface area contributed by atoms with Crippen LogP contribution in [0.15, 0.2) is 29.2 Å². The molecule has 0 fully saturated rings. The Morgan fingerprint density at radius 3 is 2.20 bits per heavy atom. The Kier molecular flexibility index (Phi) is 5.12. The molecule has 1 amide bonds. The van der Waals surface area contributed by atoms with Crippen LogP contribution in [-0.4, -0.2) is 27.0 Å². The molecule has 1 aromatic carbocycles. The number of sulfonamides is 1. The van der Waals surface area contributed by atoms with Crippen molar-refractivity contribution >= 4 is 15.9 Å². The molecule has 0 aliphatic heterocycles. The standard InChI is InChI=1S/C11H13F3N2O3S/c12-11(13,14)7-10(17)16-6-5-8-1-3-9(4-2-8)20(15,18)19/h1-4H,5-7H2,(H,16,17)(H2,15,18,19). The van der Waals surface area contributed by atoms with Crippen LogP contribution >= 0.6 is 0 Å². The van der Waals surface area contributed by atoms with E-state index < -0.39 is 28.5 Å². The topological polar surface area (TPSA) is 89.3 Å². The molecule has 5 nitrogen and oxygen atoms in total. The highest BCUT2D eigenvalue weighted by molar-refractivity contribution is 7.89. The van der Waals surface area contributed by atoms with Crippen LogP contribution in [0.1, 0.15) is 12.0 Å². The van der Waals surface area contributed by atoms with Crippen LogP contribution in [0.5, 0.6) is 0 Å². The number of carbonyl (C=O) groups excluding carboxylic acids is 1. The van der Waals surface area contributed by atoms with E-state index in [-0.39, 0.29) is 17.9 Å². The molecule has 0 saturated carbocycles. The molecule has 20 heavy (non-hydrogen) atoms. The van der Waals surface area contributed by atoms with Gasteiger partial charge in [0.25, 0.3) is 0 Å². The van der Waals surface area contributed by atoms with Crippen molar-refractivity contribution in [2.45, 2.75) is 23.9 Å². The first kappa shape index (κ1) is 16.4. The zero-order valence-electron chi connectivity index (χ0n) is 10.3. The van der Waals surface area contributed by atoms with Crippen LogP contribution in [0.4, 0.5) is 13.2 Å². The van der Waals surface area contributed by atoms with E-state index in [9.17, 15) is 26.4 Å². The van der Waals surface area contributed by atoms with Gasteiger partial charge in [-0.1, -0.05) is 12.1 Å². The molecule has 0 aromatic heterocycles. The van der Waals surface area contributed by atoms with Gasteiger partial charge in [0.1, 0.15) is 6.42 Å². The fourth-order valence-corrected chi connectivity index (χ4v) is 1.95. The summed E-state index contributed by atoms with van der Waals surface area (Å²) in [4.78, 5) is 10.9. The number of amides is 1. The van der Waals surface area contributed by atoms with Gasteiger partial charge in [-0.25, -0.2) is 13.6 Å². The van der Waals surface area contributed by atoms with Crippen molar-refractivity contribution < 1.29 is 26.4 Å². The lowest BCUT2D eigenvalue weighted by Crippen LogP contribution is -2.30. The summed E-state index contributed by atoms with van der Waals surface area (Å²) in [6, 6.07) is 5.55. The van der Waals surface area contributed by atoms with Crippen LogP contribution < -0.4 is 10.5 Å². The summed E-state index contributed by atoms with van der Waals surface area (Å²) >= 11 is 0. The molecule has 112 valence electrons. The number of hydrogen-bond donors (Lipinski definition) is 2.